The van der Waals surface area contributed by atoms with Crippen LogP contribution in [0.1, 0.15) is 16.4 Å². The lowest BCUT2D eigenvalue weighted by Crippen LogP contribution is -2.33. The van der Waals surface area contributed by atoms with Gasteiger partial charge in [0.15, 0.2) is 0 Å². The van der Waals surface area contributed by atoms with Gasteiger partial charge in [-0.1, -0.05) is 78.7 Å². The summed E-state index contributed by atoms with van der Waals surface area (Å²) >= 11 is 15.1. The molecule has 40 heavy (non-hydrogen) atoms. The van der Waals surface area contributed by atoms with Crippen LogP contribution in [0.15, 0.2) is 91.6 Å². The van der Waals surface area contributed by atoms with Crippen molar-refractivity contribution in [2.75, 3.05) is 10.2 Å². The molecule has 3 amide bonds. The maximum Gasteiger partial charge on any atom is 0.308 e. The fourth-order valence-electron chi connectivity index (χ4n) is 5.04. The molecule has 6 rings (SSSR count). The van der Waals surface area contributed by atoms with Gasteiger partial charge in [0.2, 0.25) is 17.7 Å². The number of hydrogen-bond acceptors (Lipinski definition) is 6. The van der Waals surface area contributed by atoms with Crippen molar-refractivity contribution in [1.29, 1.82) is 0 Å². The molecular formula is C28H18Br2ClN3O4S2. The number of nitrogens with zero attached hydrogens (tertiary/aromatic N) is 2. The van der Waals surface area contributed by atoms with E-state index in [1.54, 1.807) is 48.5 Å². The number of thioether (sulfide) groups is 1. The standard InChI is InChI=1S/C28H18Br2ClN3O4S2/c29-15-4-10-19(11-5-15)34-25(36)22-21(14-2-1-3-16(30)12-14)24-27(39-23(22)26(34)37)33(28(38)40-24)13-20(35)32-18-8-6-17(31)7-9-18/h1-12,21-23H,13H2,(H,32,35)/t21-,22?,23?/m1/s1. The van der Waals surface area contributed by atoms with Gasteiger partial charge in [0.05, 0.1) is 16.6 Å². The number of thiazole rings is 1. The molecule has 3 heterocycles. The second-order valence-electron chi connectivity index (χ2n) is 9.26. The van der Waals surface area contributed by atoms with Gasteiger partial charge in [-0.05, 0) is 66.2 Å². The second-order valence-corrected chi connectivity index (χ2v) is 13.7. The van der Waals surface area contributed by atoms with Crippen molar-refractivity contribution in [3.63, 3.8) is 0 Å². The first kappa shape index (κ1) is 27.5. The van der Waals surface area contributed by atoms with E-state index in [0.29, 0.717) is 26.3 Å². The summed E-state index contributed by atoms with van der Waals surface area (Å²) in [6, 6.07) is 21.2. The third-order valence-electron chi connectivity index (χ3n) is 6.77. The first-order valence-corrected chi connectivity index (χ1v) is 15.7. The van der Waals surface area contributed by atoms with E-state index >= 15 is 0 Å². The lowest BCUT2D eigenvalue weighted by atomic mass is 9.83. The number of fused-ring (bicyclic) bond motifs is 2. The molecule has 1 N–H and O–H groups in total. The lowest BCUT2D eigenvalue weighted by molar-refractivity contribution is -0.122. The van der Waals surface area contributed by atoms with E-state index in [1.807, 2.05) is 24.3 Å². The monoisotopic (exact) mass is 717 g/mol. The normalized spacial score (nSPS) is 19.9. The molecule has 12 heteroatoms. The molecule has 0 radical (unpaired) electrons. The average Bonchev–Trinajstić information content (AvgIpc) is 3.36. The lowest BCUT2D eigenvalue weighted by Gasteiger charge is -2.30. The highest BCUT2D eigenvalue weighted by atomic mass is 79.9. The number of imide groups is 1. The van der Waals surface area contributed by atoms with Crippen LogP contribution < -0.4 is 15.1 Å². The highest BCUT2D eigenvalue weighted by Gasteiger charge is 2.56. The van der Waals surface area contributed by atoms with Gasteiger partial charge in [-0.2, -0.15) is 0 Å². The highest BCUT2D eigenvalue weighted by Crippen LogP contribution is 2.54. The Morgan fingerprint density at radius 3 is 2.35 bits per heavy atom. The number of aromatic nitrogens is 1. The Hall–Kier alpha value is -2.70. The molecule has 0 saturated carbocycles. The molecule has 1 aromatic heterocycles. The maximum atomic E-state index is 13.9. The minimum atomic E-state index is -0.757. The molecule has 202 valence electrons. The summed E-state index contributed by atoms with van der Waals surface area (Å²) in [5, 5.41) is 3.10. The van der Waals surface area contributed by atoms with E-state index in [1.165, 1.54) is 21.2 Å². The van der Waals surface area contributed by atoms with Crippen LogP contribution in [-0.2, 0) is 20.9 Å². The van der Waals surface area contributed by atoms with E-state index < -0.39 is 23.0 Å². The van der Waals surface area contributed by atoms with Crippen LogP contribution in [0.3, 0.4) is 0 Å². The molecule has 0 aliphatic carbocycles. The Morgan fingerprint density at radius 1 is 0.925 bits per heavy atom. The third-order valence-corrected chi connectivity index (χ3v) is 10.6. The molecule has 0 spiro atoms. The average molecular weight is 720 g/mol. The molecule has 2 aliphatic rings. The van der Waals surface area contributed by atoms with Crippen LogP contribution >= 0.6 is 66.6 Å². The Balaban J connectivity index is 1.41. The van der Waals surface area contributed by atoms with Crippen molar-refractivity contribution in [3.05, 3.63) is 107 Å². The number of amides is 3. The molecule has 2 unspecified atom stereocenters. The largest absolute Gasteiger partial charge is 0.325 e. The zero-order valence-electron chi connectivity index (χ0n) is 20.3. The van der Waals surface area contributed by atoms with Crippen LogP contribution in [-0.4, -0.2) is 27.5 Å². The van der Waals surface area contributed by atoms with Gasteiger partial charge in [0.25, 0.3) is 0 Å². The molecule has 2 aliphatic heterocycles. The van der Waals surface area contributed by atoms with Crippen molar-refractivity contribution >= 4 is 95.7 Å². The minimum Gasteiger partial charge on any atom is -0.325 e. The van der Waals surface area contributed by atoms with E-state index in [9.17, 15) is 19.2 Å². The number of anilines is 2. The predicted molar refractivity (Wildman–Crippen MR) is 164 cm³/mol. The summed E-state index contributed by atoms with van der Waals surface area (Å²) in [6.07, 6.45) is 0. The molecule has 7 nitrogen and oxygen atoms in total. The van der Waals surface area contributed by atoms with Crippen LogP contribution in [0.2, 0.25) is 5.02 Å². The van der Waals surface area contributed by atoms with Crippen molar-refractivity contribution < 1.29 is 14.4 Å². The minimum absolute atomic E-state index is 0.235. The summed E-state index contributed by atoms with van der Waals surface area (Å²) in [4.78, 5) is 55.5. The van der Waals surface area contributed by atoms with Crippen molar-refractivity contribution in [2.45, 2.75) is 22.7 Å². The van der Waals surface area contributed by atoms with Crippen LogP contribution in [0.4, 0.5) is 11.4 Å². The first-order chi connectivity index (χ1) is 19.2. The van der Waals surface area contributed by atoms with Gasteiger partial charge >= 0.3 is 4.87 Å². The Morgan fingerprint density at radius 2 is 1.65 bits per heavy atom. The predicted octanol–water partition coefficient (Wildman–Crippen LogP) is 6.52. The van der Waals surface area contributed by atoms with Gasteiger partial charge < -0.3 is 5.32 Å². The maximum absolute atomic E-state index is 13.9. The molecule has 4 aromatic rings. The zero-order chi connectivity index (χ0) is 28.1. The topological polar surface area (TPSA) is 88.5 Å². The second kappa shape index (κ2) is 10.9. The number of halogens is 3. The first-order valence-electron chi connectivity index (χ1n) is 12.1. The Kier molecular flexibility index (Phi) is 7.51. The zero-order valence-corrected chi connectivity index (χ0v) is 25.9. The summed E-state index contributed by atoms with van der Waals surface area (Å²) in [7, 11) is 0. The third kappa shape index (κ3) is 4.98. The fraction of sp³-hybridized carbons (Fsp3) is 0.143. The van der Waals surface area contributed by atoms with E-state index in [-0.39, 0.29) is 23.2 Å². The summed E-state index contributed by atoms with van der Waals surface area (Å²) in [6.45, 7) is -0.235. The number of carbonyl (C=O) groups excluding carboxylic acids is 3. The molecule has 0 bridgehead atoms. The molecule has 3 atom stereocenters. The van der Waals surface area contributed by atoms with Crippen LogP contribution in [0.25, 0.3) is 0 Å². The van der Waals surface area contributed by atoms with Crippen molar-refractivity contribution in [2.24, 2.45) is 5.92 Å². The smallest absolute Gasteiger partial charge is 0.308 e. The van der Waals surface area contributed by atoms with Crippen LogP contribution in [0, 0.1) is 5.92 Å². The van der Waals surface area contributed by atoms with Gasteiger partial charge in [-0.15, -0.1) is 0 Å². The van der Waals surface area contributed by atoms with E-state index in [0.717, 1.165) is 25.8 Å². The quantitative estimate of drug-likeness (QED) is 0.238. The fourth-order valence-corrected chi connectivity index (χ4v) is 8.62. The SMILES string of the molecule is O=C(Cn1c2c(sc1=O)[C@H](c1cccc(Br)c1)C1C(=O)N(c3ccc(Br)cc3)C(=O)C1S2)Nc1ccc(Cl)cc1. The number of carbonyl (C=O) groups is 3. The van der Waals surface area contributed by atoms with Gasteiger partial charge in [-0.25, -0.2) is 4.90 Å². The van der Waals surface area contributed by atoms with Crippen molar-refractivity contribution in [1.82, 2.24) is 4.57 Å². The molecule has 1 fully saturated rings. The summed E-state index contributed by atoms with van der Waals surface area (Å²) < 4.78 is 3.05. The van der Waals surface area contributed by atoms with Gasteiger partial charge in [0.1, 0.15) is 11.8 Å². The highest BCUT2D eigenvalue weighted by molar-refractivity contribution is 9.10. The number of rotatable bonds is 5. The Labute approximate surface area is 258 Å². The molecule has 3 aromatic carbocycles. The number of nitrogens with one attached hydrogen (secondary N) is 1. The van der Waals surface area contributed by atoms with Crippen molar-refractivity contribution in [3.8, 4) is 0 Å². The summed E-state index contributed by atoms with van der Waals surface area (Å²) in [5.41, 5.74) is 1.85. The number of benzene rings is 3. The van der Waals surface area contributed by atoms with Crippen LogP contribution in [0.5, 0.6) is 0 Å². The molecular weight excluding hydrogens is 702 g/mol. The Bertz CT molecular complexity index is 1720. The van der Waals surface area contributed by atoms with E-state index in [2.05, 4.69) is 37.2 Å². The molecule has 1 saturated heterocycles. The van der Waals surface area contributed by atoms with Gasteiger partial charge in [0, 0.05) is 30.5 Å². The van der Waals surface area contributed by atoms with Gasteiger partial charge in [-0.3, -0.25) is 23.7 Å². The summed E-state index contributed by atoms with van der Waals surface area (Å²) in [5.74, 6) is -2.29. The number of hydrogen-bond donors (Lipinski definition) is 1. The van der Waals surface area contributed by atoms with E-state index in [4.69, 9.17) is 11.6 Å².